The van der Waals surface area contributed by atoms with Gasteiger partial charge in [0, 0.05) is 12.0 Å². The van der Waals surface area contributed by atoms with Crippen LogP contribution in [0.15, 0.2) is 66.3 Å². The fraction of sp³-hybridized carbons (Fsp3) is 0.100. The van der Waals surface area contributed by atoms with Gasteiger partial charge in [-0.25, -0.2) is 18.4 Å². The molecular weight excluding hydrogens is 398 g/mol. The Hall–Kier alpha value is -2.90. The first-order valence-corrected chi connectivity index (χ1v) is 10.2. The third-order valence-corrected chi connectivity index (χ3v) is 5.79. The van der Waals surface area contributed by atoms with Gasteiger partial charge in [0.2, 0.25) is 0 Å². The molecule has 6 nitrogen and oxygen atoms in total. The molecule has 0 bridgehead atoms. The molecule has 2 aromatic carbocycles. The number of hydrogen-bond donors (Lipinski definition) is 1. The highest BCUT2D eigenvalue weighted by Gasteiger charge is 2.20. The van der Waals surface area contributed by atoms with Crippen LogP contribution >= 0.6 is 11.6 Å². The Kier molecular flexibility index (Phi) is 5.96. The SMILES string of the molecule is C=Cc1ccc(S(=O)(=O)Nc2ncnc(Cl)c2Cc2ccccc2OC)cc1. The van der Waals surface area contributed by atoms with Gasteiger partial charge in [0.1, 0.15) is 23.0 Å². The topological polar surface area (TPSA) is 81.2 Å². The van der Waals surface area contributed by atoms with Gasteiger partial charge < -0.3 is 4.74 Å². The molecule has 0 amide bonds. The van der Waals surface area contributed by atoms with Crippen LogP contribution in [-0.4, -0.2) is 25.5 Å². The Bertz CT molecular complexity index is 1100. The molecular formula is C20H18ClN3O3S. The lowest BCUT2D eigenvalue weighted by atomic mass is 10.1. The third-order valence-electron chi connectivity index (χ3n) is 4.11. The van der Waals surface area contributed by atoms with Gasteiger partial charge in [-0.1, -0.05) is 54.6 Å². The number of sulfonamides is 1. The molecule has 0 radical (unpaired) electrons. The fourth-order valence-electron chi connectivity index (χ4n) is 2.64. The van der Waals surface area contributed by atoms with Crippen molar-refractivity contribution in [3.05, 3.63) is 83.3 Å². The Labute approximate surface area is 168 Å². The standard InChI is InChI=1S/C20H18ClN3O3S/c1-3-14-8-10-16(11-9-14)28(25,26)24-20-17(19(21)22-13-23-20)12-15-6-4-5-7-18(15)27-2/h3-11,13H,1,12H2,2H3,(H,22,23,24). The van der Waals surface area contributed by atoms with E-state index in [0.29, 0.717) is 17.7 Å². The lowest BCUT2D eigenvalue weighted by molar-refractivity contribution is 0.410. The quantitative estimate of drug-likeness (QED) is 0.585. The molecule has 0 spiro atoms. The molecule has 0 atom stereocenters. The first kappa shape index (κ1) is 19.9. The minimum absolute atomic E-state index is 0.107. The van der Waals surface area contributed by atoms with Crippen LogP contribution < -0.4 is 9.46 Å². The van der Waals surface area contributed by atoms with Crippen LogP contribution in [0.25, 0.3) is 6.08 Å². The van der Waals surface area contributed by atoms with E-state index in [9.17, 15) is 8.42 Å². The van der Waals surface area contributed by atoms with Gasteiger partial charge in [-0.15, -0.1) is 0 Å². The Balaban J connectivity index is 1.96. The molecule has 0 unspecified atom stereocenters. The van der Waals surface area contributed by atoms with Crippen LogP contribution in [-0.2, 0) is 16.4 Å². The molecule has 3 rings (SSSR count). The lowest BCUT2D eigenvalue weighted by Gasteiger charge is -2.14. The van der Waals surface area contributed by atoms with Crippen molar-refractivity contribution in [2.45, 2.75) is 11.3 Å². The van der Waals surface area contributed by atoms with E-state index in [1.807, 2.05) is 24.3 Å². The highest BCUT2D eigenvalue weighted by atomic mass is 35.5. The molecule has 0 aliphatic heterocycles. The van der Waals surface area contributed by atoms with Crippen molar-refractivity contribution in [2.24, 2.45) is 0 Å². The molecule has 0 fully saturated rings. The molecule has 0 aliphatic carbocycles. The zero-order valence-electron chi connectivity index (χ0n) is 15.1. The number of anilines is 1. The molecule has 144 valence electrons. The lowest BCUT2D eigenvalue weighted by Crippen LogP contribution is -2.16. The normalized spacial score (nSPS) is 11.1. The van der Waals surface area contributed by atoms with E-state index in [1.165, 1.54) is 18.5 Å². The molecule has 1 N–H and O–H groups in total. The summed E-state index contributed by atoms with van der Waals surface area (Å²) in [5, 5.41) is 0.167. The van der Waals surface area contributed by atoms with Gasteiger partial charge in [0.05, 0.1) is 12.0 Å². The van der Waals surface area contributed by atoms with Crippen LogP contribution in [0.3, 0.4) is 0 Å². The van der Waals surface area contributed by atoms with Crippen LogP contribution in [0.5, 0.6) is 5.75 Å². The zero-order valence-corrected chi connectivity index (χ0v) is 16.7. The van der Waals surface area contributed by atoms with Crippen molar-refractivity contribution in [3.8, 4) is 5.75 Å². The van der Waals surface area contributed by atoms with Crippen molar-refractivity contribution in [3.63, 3.8) is 0 Å². The van der Waals surface area contributed by atoms with Crippen LogP contribution in [0.2, 0.25) is 5.15 Å². The summed E-state index contributed by atoms with van der Waals surface area (Å²) >= 11 is 6.25. The number of nitrogens with zero attached hydrogens (tertiary/aromatic N) is 2. The predicted molar refractivity (Wildman–Crippen MR) is 110 cm³/mol. The summed E-state index contributed by atoms with van der Waals surface area (Å²) in [6, 6.07) is 13.7. The van der Waals surface area contributed by atoms with Crippen LogP contribution in [0.1, 0.15) is 16.7 Å². The fourth-order valence-corrected chi connectivity index (χ4v) is 3.89. The molecule has 0 aliphatic rings. The Morgan fingerprint density at radius 3 is 2.54 bits per heavy atom. The third kappa shape index (κ3) is 4.32. The summed E-state index contributed by atoms with van der Waals surface area (Å²) in [4.78, 5) is 8.18. The number of halogens is 1. The summed E-state index contributed by atoms with van der Waals surface area (Å²) in [5.41, 5.74) is 2.11. The molecule has 3 aromatic rings. The van der Waals surface area contributed by atoms with Gasteiger partial charge in [-0.2, -0.15) is 0 Å². The largest absolute Gasteiger partial charge is 0.496 e. The number of aromatic nitrogens is 2. The van der Waals surface area contributed by atoms with E-state index < -0.39 is 10.0 Å². The van der Waals surface area contributed by atoms with E-state index in [-0.39, 0.29) is 15.9 Å². The van der Waals surface area contributed by atoms with Gasteiger partial charge >= 0.3 is 0 Å². The van der Waals surface area contributed by atoms with Crippen LogP contribution in [0, 0.1) is 0 Å². The first-order valence-electron chi connectivity index (χ1n) is 8.31. The summed E-state index contributed by atoms with van der Waals surface area (Å²) in [6.07, 6.45) is 3.16. The first-order chi connectivity index (χ1) is 13.4. The Morgan fingerprint density at radius 2 is 1.86 bits per heavy atom. The van der Waals surface area contributed by atoms with E-state index in [4.69, 9.17) is 16.3 Å². The second-order valence-corrected chi connectivity index (χ2v) is 7.90. The van der Waals surface area contributed by atoms with Gasteiger partial charge in [-0.3, -0.25) is 4.72 Å². The number of ether oxygens (including phenoxy) is 1. The molecule has 28 heavy (non-hydrogen) atoms. The maximum absolute atomic E-state index is 12.8. The highest BCUT2D eigenvalue weighted by Crippen LogP contribution is 2.29. The number of methoxy groups -OCH3 is 1. The van der Waals surface area contributed by atoms with E-state index >= 15 is 0 Å². The smallest absolute Gasteiger partial charge is 0.263 e. The average Bonchev–Trinajstić information content (AvgIpc) is 2.70. The summed E-state index contributed by atoms with van der Waals surface area (Å²) in [7, 11) is -2.28. The van der Waals surface area contributed by atoms with Gasteiger partial charge in [0.15, 0.2) is 0 Å². The highest BCUT2D eigenvalue weighted by molar-refractivity contribution is 7.92. The summed E-state index contributed by atoms with van der Waals surface area (Å²) < 4.78 is 33.4. The second kappa shape index (κ2) is 8.41. The molecule has 1 aromatic heterocycles. The van der Waals surface area contributed by atoms with Crippen molar-refractivity contribution in [1.29, 1.82) is 0 Å². The minimum Gasteiger partial charge on any atom is -0.496 e. The maximum Gasteiger partial charge on any atom is 0.263 e. The molecule has 0 saturated heterocycles. The Morgan fingerprint density at radius 1 is 1.14 bits per heavy atom. The zero-order chi connectivity index (χ0) is 20.1. The monoisotopic (exact) mass is 415 g/mol. The molecule has 8 heteroatoms. The van der Waals surface area contributed by atoms with E-state index in [2.05, 4.69) is 21.3 Å². The van der Waals surface area contributed by atoms with E-state index in [1.54, 1.807) is 25.3 Å². The van der Waals surface area contributed by atoms with E-state index in [0.717, 1.165) is 11.1 Å². The second-order valence-electron chi connectivity index (χ2n) is 5.86. The number of benzene rings is 2. The molecule has 0 saturated carbocycles. The van der Waals surface area contributed by atoms with Gasteiger partial charge in [0.25, 0.3) is 10.0 Å². The van der Waals surface area contributed by atoms with Crippen LogP contribution in [0.4, 0.5) is 5.82 Å². The molecule has 1 heterocycles. The van der Waals surface area contributed by atoms with Crippen molar-refractivity contribution in [2.75, 3.05) is 11.8 Å². The predicted octanol–water partition coefficient (Wildman–Crippen LogP) is 4.17. The van der Waals surface area contributed by atoms with Crippen molar-refractivity contribution < 1.29 is 13.2 Å². The number of nitrogens with one attached hydrogen (secondary N) is 1. The number of para-hydroxylation sites is 1. The number of hydrogen-bond acceptors (Lipinski definition) is 5. The number of rotatable bonds is 7. The van der Waals surface area contributed by atoms with Crippen molar-refractivity contribution in [1.82, 2.24) is 9.97 Å². The minimum atomic E-state index is -3.85. The van der Waals surface area contributed by atoms with Crippen molar-refractivity contribution >= 4 is 33.5 Å². The average molecular weight is 416 g/mol. The summed E-state index contributed by atoms with van der Waals surface area (Å²) in [5.74, 6) is 0.787. The summed E-state index contributed by atoms with van der Waals surface area (Å²) in [6.45, 7) is 3.66. The maximum atomic E-state index is 12.8. The van der Waals surface area contributed by atoms with Gasteiger partial charge in [-0.05, 0) is 29.3 Å².